The molecule has 0 amide bonds. The van der Waals surface area contributed by atoms with E-state index in [0.717, 1.165) is 11.1 Å². The summed E-state index contributed by atoms with van der Waals surface area (Å²) in [5.41, 5.74) is 2.33. The van der Waals surface area contributed by atoms with Crippen LogP contribution in [0.15, 0.2) is 83.1 Å². The van der Waals surface area contributed by atoms with Crippen molar-refractivity contribution in [3.05, 3.63) is 90.0 Å². The fraction of sp³-hybridized carbons (Fsp3) is 0.208. The molecule has 0 aliphatic heterocycles. The lowest BCUT2D eigenvalue weighted by molar-refractivity contribution is 0.0982. The Kier molecular flexibility index (Phi) is 6.43. The normalized spacial score (nSPS) is 11.7. The first-order valence-corrected chi connectivity index (χ1v) is 11.8. The average Bonchev–Trinajstić information content (AvgIpc) is 3.30. The van der Waals surface area contributed by atoms with Crippen molar-refractivity contribution in [1.82, 2.24) is 14.4 Å². The summed E-state index contributed by atoms with van der Waals surface area (Å²) in [7, 11) is -3.61. The second-order valence-corrected chi connectivity index (χ2v) is 9.28. The van der Waals surface area contributed by atoms with Crippen LogP contribution in [0.2, 0.25) is 0 Å². The van der Waals surface area contributed by atoms with Gasteiger partial charge in [0.25, 0.3) is 0 Å². The van der Waals surface area contributed by atoms with Crippen molar-refractivity contribution in [1.29, 1.82) is 0 Å². The second-order valence-electron chi connectivity index (χ2n) is 7.33. The van der Waals surface area contributed by atoms with Gasteiger partial charge in [-0.15, -0.1) is 0 Å². The fourth-order valence-electron chi connectivity index (χ4n) is 3.32. The van der Waals surface area contributed by atoms with E-state index in [9.17, 15) is 13.2 Å². The Balaban J connectivity index is 1.41. The Morgan fingerprint density at radius 3 is 2.28 bits per heavy atom. The number of sulfone groups is 1. The zero-order valence-corrected chi connectivity index (χ0v) is 18.5. The number of hydrogen-bond acceptors (Lipinski definition) is 6. The zero-order chi connectivity index (χ0) is 22.6. The van der Waals surface area contributed by atoms with E-state index in [0.29, 0.717) is 37.4 Å². The van der Waals surface area contributed by atoms with Gasteiger partial charge in [-0.2, -0.15) is 0 Å². The standard InChI is InChI=1S/C24H23N3O4S/c1-2-31-17-19-5-10-22(11-6-19)32(29,30)21-8-3-18(4-9-21)7-12-23(28)20-15-26-24-25-13-14-27(24)16-20/h3-6,8-11,13-16H,2,7,12,17H2,1H3. The summed E-state index contributed by atoms with van der Waals surface area (Å²) in [6, 6.07) is 13.4. The van der Waals surface area contributed by atoms with Gasteiger partial charge in [0, 0.05) is 37.8 Å². The minimum absolute atomic E-state index is 0.0306. The van der Waals surface area contributed by atoms with Gasteiger partial charge in [0.1, 0.15) is 0 Å². The molecule has 0 N–H and O–H groups in total. The maximum absolute atomic E-state index is 12.9. The summed E-state index contributed by atoms with van der Waals surface area (Å²) in [4.78, 5) is 21.2. The number of aromatic nitrogens is 3. The molecule has 8 heteroatoms. The first-order valence-electron chi connectivity index (χ1n) is 10.3. The van der Waals surface area contributed by atoms with Gasteiger partial charge in [-0.05, 0) is 48.7 Å². The van der Waals surface area contributed by atoms with Gasteiger partial charge in [-0.3, -0.25) is 9.20 Å². The van der Waals surface area contributed by atoms with Crippen LogP contribution in [0.25, 0.3) is 5.78 Å². The molecule has 4 rings (SSSR count). The number of aryl methyl sites for hydroxylation is 1. The molecule has 0 fully saturated rings. The van der Waals surface area contributed by atoms with Crippen LogP contribution in [0.1, 0.15) is 34.8 Å². The van der Waals surface area contributed by atoms with E-state index in [1.54, 1.807) is 71.5 Å². The first-order chi connectivity index (χ1) is 15.5. The predicted molar refractivity (Wildman–Crippen MR) is 119 cm³/mol. The summed E-state index contributed by atoms with van der Waals surface area (Å²) < 4.78 is 32.9. The molecular formula is C24H23N3O4S. The van der Waals surface area contributed by atoms with Crippen LogP contribution < -0.4 is 0 Å². The smallest absolute Gasteiger partial charge is 0.233 e. The third-order valence-corrected chi connectivity index (χ3v) is 6.93. The van der Waals surface area contributed by atoms with Crippen LogP contribution >= 0.6 is 0 Å². The number of imidazole rings is 1. The van der Waals surface area contributed by atoms with E-state index >= 15 is 0 Å². The number of benzene rings is 2. The number of ether oxygens (including phenoxy) is 1. The Hall–Kier alpha value is -3.36. The quantitative estimate of drug-likeness (QED) is 0.360. The van der Waals surface area contributed by atoms with Crippen molar-refractivity contribution in [2.24, 2.45) is 0 Å². The molecular weight excluding hydrogens is 426 g/mol. The van der Waals surface area contributed by atoms with Crippen LogP contribution in [0.5, 0.6) is 0 Å². The van der Waals surface area contributed by atoms with E-state index in [1.165, 1.54) is 6.20 Å². The van der Waals surface area contributed by atoms with Gasteiger partial charge >= 0.3 is 0 Å². The highest BCUT2D eigenvalue weighted by molar-refractivity contribution is 7.91. The van der Waals surface area contributed by atoms with Gasteiger partial charge in [-0.1, -0.05) is 24.3 Å². The van der Waals surface area contributed by atoms with Crippen molar-refractivity contribution in [2.45, 2.75) is 36.2 Å². The van der Waals surface area contributed by atoms with Crippen LogP contribution in [0.4, 0.5) is 0 Å². The number of carbonyl (C=O) groups is 1. The topological polar surface area (TPSA) is 90.6 Å². The summed E-state index contributed by atoms with van der Waals surface area (Å²) in [6.45, 7) is 2.97. The Morgan fingerprint density at radius 2 is 1.62 bits per heavy atom. The molecule has 0 radical (unpaired) electrons. The highest BCUT2D eigenvalue weighted by Crippen LogP contribution is 2.22. The van der Waals surface area contributed by atoms with E-state index < -0.39 is 9.84 Å². The highest BCUT2D eigenvalue weighted by Gasteiger charge is 2.17. The number of hydrogen-bond donors (Lipinski definition) is 0. The largest absolute Gasteiger partial charge is 0.377 e. The predicted octanol–water partition coefficient (Wildman–Crippen LogP) is 3.91. The Morgan fingerprint density at radius 1 is 0.969 bits per heavy atom. The zero-order valence-electron chi connectivity index (χ0n) is 17.6. The maximum Gasteiger partial charge on any atom is 0.233 e. The third-order valence-electron chi connectivity index (χ3n) is 5.15. The molecule has 2 heterocycles. The molecule has 2 aromatic heterocycles. The molecule has 0 atom stereocenters. The van der Waals surface area contributed by atoms with Gasteiger partial charge < -0.3 is 4.74 Å². The van der Waals surface area contributed by atoms with Gasteiger partial charge in [0.2, 0.25) is 15.6 Å². The van der Waals surface area contributed by atoms with Gasteiger partial charge in [0.05, 0.1) is 22.0 Å². The monoisotopic (exact) mass is 449 g/mol. The van der Waals surface area contributed by atoms with Crippen molar-refractivity contribution in [2.75, 3.05) is 6.61 Å². The molecule has 0 aliphatic rings. The van der Waals surface area contributed by atoms with Crippen molar-refractivity contribution < 1.29 is 17.9 Å². The Labute approximate surface area is 186 Å². The van der Waals surface area contributed by atoms with Crippen molar-refractivity contribution in [3.8, 4) is 0 Å². The molecule has 32 heavy (non-hydrogen) atoms. The van der Waals surface area contributed by atoms with E-state index in [2.05, 4.69) is 9.97 Å². The molecule has 2 aromatic carbocycles. The van der Waals surface area contributed by atoms with Gasteiger partial charge in [0.15, 0.2) is 5.78 Å². The fourth-order valence-corrected chi connectivity index (χ4v) is 4.58. The molecule has 4 aromatic rings. The molecule has 164 valence electrons. The first kappa shape index (κ1) is 21.9. The summed E-state index contributed by atoms with van der Waals surface area (Å²) in [5.74, 6) is 0.513. The Bertz CT molecular complexity index is 1330. The van der Waals surface area contributed by atoms with Gasteiger partial charge in [-0.25, -0.2) is 18.4 Å². The number of ketones is 1. The number of nitrogens with zero attached hydrogens (tertiary/aromatic N) is 3. The van der Waals surface area contributed by atoms with Crippen LogP contribution in [0.3, 0.4) is 0 Å². The second kappa shape index (κ2) is 9.42. The maximum atomic E-state index is 12.9. The van der Waals surface area contributed by atoms with Crippen molar-refractivity contribution >= 4 is 21.4 Å². The van der Waals surface area contributed by atoms with E-state index in [1.807, 2.05) is 6.92 Å². The molecule has 0 spiro atoms. The highest BCUT2D eigenvalue weighted by atomic mass is 32.2. The lowest BCUT2D eigenvalue weighted by atomic mass is 10.0. The minimum atomic E-state index is -3.61. The van der Waals surface area contributed by atoms with Crippen LogP contribution in [-0.4, -0.2) is 35.2 Å². The minimum Gasteiger partial charge on any atom is -0.377 e. The summed E-state index contributed by atoms with van der Waals surface area (Å²) in [5, 5.41) is 0. The van der Waals surface area contributed by atoms with Crippen LogP contribution in [0, 0.1) is 0 Å². The van der Waals surface area contributed by atoms with Crippen molar-refractivity contribution in [3.63, 3.8) is 0 Å². The summed E-state index contributed by atoms with van der Waals surface area (Å²) in [6.07, 6.45) is 7.42. The molecule has 0 unspecified atom stereocenters. The number of carbonyl (C=O) groups excluding carboxylic acids is 1. The number of Topliss-reactive ketones (excluding diaryl/α,β-unsaturated/α-hetero) is 1. The molecule has 7 nitrogen and oxygen atoms in total. The average molecular weight is 450 g/mol. The molecule has 0 saturated carbocycles. The SMILES string of the molecule is CCOCc1ccc(S(=O)(=O)c2ccc(CCC(=O)c3cnc4nccn4c3)cc2)cc1. The third kappa shape index (κ3) is 4.76. The van der Waals surface area contributed by atoms with E-state index in [4.69, 9.17) is 4.74 Å². The molecule has 0 saturated heterocycles. The molecule has 0 bridgehead atoms. The number of fused-ring (bicyclic) bond motifs is 1. The van der Waals surface area contributed by atoms with E-state index in [-0.39, 0.29) is 15.6 Å². The number of rotatable bonds is 9. The summed E-state index contributed by atoms with van der Waals surface area (Å²) >= 11 is 0. The molecule has 0 aliphatic carbocycles. The van der Waals surface area contributed by atoms with Crippen LogP contribution in [-0.2, 0) is 27.6 Å². The lowest BCUT2D eigenvalue weighted by Gasteiger charge is -2.08. The lowest BCUT2D eigenvalue weighted by Crippen LogP contribution is -2.05.